The monoisotopic (exact) mass is 282 g/mol. The van der Waals surface area contributed by atoms with E-state index < -0.39 is 0 Å². The highest BCUT2D eigenvalue weighted by Crippen LogP contribution is 2.21. The molecule has 21 heavy (non-hydrogen) atoms. The largest absolute Gasteiger partial charge is 0.370 e. The molecule has 0 aliphatic heterocycles. The van der Waals surface area contributed by atoms with E-state index >= 15 is 0 Å². The van der Waals surface area contributed by atoms with Crippen LogP contribution in [0.4, 0.5) is 5.82 Å². The van der Waals surface area contributed by atoms with Crippen LogP contribution >= 0.6 is 0 Å². The third-order valence-corrected chi connectivity index (χ3v) is 3.82. The Bertz CT molecular complexity index is 568. The molecule has 0 unspecified atom stereocenters. The lowest BCUT2D eigenvalue weighted by Gasteiger charge is -2.08. The highest BCUT2D eigenvalue weighted by atomic mass is 15.0. The second kappa shape index (κ2) is 7.18. The van der Waals surface area contributed by atoms with E-state index in [9.17, 15) is 0 Å². The summed E-state index contributed by atoms with van der Waals surface area (Å²) in [6, 6.07) is 8.39. The van der Waals surface area contributed by atoms with E-state index in [-0.39, 0.29) is 0 Å². The van der Waals surface area contributed by atoms with Gasteiger partial charge in [-0.25, -0.2) is 4.98 Å². The average molecular weight is 282 g/mol. The molecule has 0 aromatic carbocycles. The SMILES string of the molecule is c1cncc(CNCCCNc2ccc3c(n2)CCC3)c1. The Balaban J connectivity index is 1.33. The fourth-order valence-corrected chi connectivity index (χ4v) is 2.68. The number of hydrogen-bond acceptors (Lipinski definition) is 4. The Kier molecular flexibility index (Phi) is 4.79. The van der Waals surface area contributed by atoms with Gasteiger partial charge in [-0.1, -0.05) is 12.1 Å². The van der Waals surface area contributed by atoms with Crippen molar-refractivity contribution in [2.45, 2.75) is 32.2 Å². The van der Waals surface area contributed by atoms with Gasteiger partial charge in [0.15, 0.2) is 0 Å². The molecule has 0 atom stereocenters. The van der Waals surface area contributed by atoms with E-state index in [0.717, 1.165) is 38.3 Å². The summed E-state index contributed by atoms with van der Waals surface area (Å²) in [4.78, 5) is 8.79. The molecule has 2 aromatic rings. The molecule has 2 heterocycles. The van der Waals surface area contributed by atoms with Crippen molar-refractivity contribution >= 4 is 5.82 Å². The van der Waals surface area contributed by atoms with Crippen molar-refractivity contribution in [3.05, 3.63) is 53.5 Å². The summed E-state index contributed by atoms with van der Waals surface area (Å²) in [5.74, 6) is 1.02. The van der Waals surface area contributed by atoms with Crippen molar-refractivity contribution in [2.75, 3.05) is 18.4 Å². The second-order valence-electron chi connectivity index (χ2n) is 5.47. The maximum Gasteiger partial charge on any atom is 0.126 e. The molecule has 0 radical (unpaired) electrons. The predicted octanol–water partition coefficient (Wildman–Crippen LogP) is 2.56. The molecule has 0 amide bonds. The van der Waals surface area contributed by atoms with E-state index in [1.54, 1.807) is 6.20 Å². The topological polar surface area (TPSA) is 49.8 Å². The van der Waals surface area contributed by atoms with Crippen molar-refractivity contribution in [1.29, 1.82) is 0 Å². The zero-order valence-electron chi connectivity index (χ0n) is 12.3. The van der Waals surface area contributed by atoms with E-state index in [1.807, 2.05) is 12.3 Å². The Morgan fingerprint density at radius 1 is 1.10 bits per heavy atom. The van der Waals surface area contributed by atoms with Gasteiger partial charge in [-0.3, -0.25) is 4.98 Å². The number of rotatable bonds is 7. The van der Waals surface area contributed by atoms with Gasteiger partial charge in [-0.2, -0.15) is 0 Å². The van der Waals surface area contributed by atoms with E-state index in [4.69, 9.17) is 0 Å². The summed E-state index contributed by atoms with van der Waals surface area (Å²) in [5.41, 5.74) is 3.94. The zero-order chi connectivity index (χ0) is 14.3. The van der Waals surface area contributed by atoms with Crippen LogP contribution in [0.3, 0.4) is 0 Å². The summed E-state index contributed by atoms with van der Waals surface area (Å²) in [7, 11) is 0. The van der Waals surface area contributed by atoms with Crippen LogP contribution in [0.1, 0.15) is 29.7 Å². The number of aryl methyl sites for hydroxylation is 2. The van der Waals surface area contributed by atoms with E-state index in [1.165, 1.54) is 29.7 Å². The Labute approximate surface area is 126 Å². The Hall–Kier alpha value is -1.94. The first kappa shape index (κ1) is 14.0. The van der Waals surface area contributed by atoms with Crippen LogP contribution in [0.15, 0.2) is 36.7 Å². The van der Waals surface area contributed by atoms with Crippen molar-refractivity contribution in [3.63, 3.8) is 0 Å². The highest BCUT2D eigenvalue weighted by Gasteiger charge is 2.11. The molecule has 4 nitrogen and oxygen atoms in total. The molecule has 0 bridgehead atoms. The number of aromatic nitrogens is 2. The van der Waals surface area contributed by atoms with Gasteiger partial charge in [0.1, 0.15) is 5.82 Å². The van der Waals surface area contributed by atoms with Gasteiger partial charge in [-0.15, -0.1) is 0 Å². The van der Waals surface area contributed by atoms with Crippen LogP contribution < -0.4 is 10.6 Å². The summed E-state index contributed by atoms with van der Waals surface area (Å²) in [6.07, 6.45) is 8.37. The normalized spacial score (nSPS) is 13.1. The van der Waals surface area contributed by atoms with Gasteiger partial charge in [0.2, 0.25) is 0 Å². The van der Waals surface area contributed by atoms with Crippen LogP contribution in [0.5, 0.6) is 0 Å². The summed E-state index contributed by atoms with van der Waals surface area (Å²) < 4.78 is 0. The molecule has 0 fully saturated rings. The third-order valence-electron chi connectivity index (χ3n) is 3.82. The molecule has 0 saturated carbocycles. The van der Waals surface area contributed by atoms with Gasteiger partial charge in [0.25, 0.3) is 0 Å². The van der Waals surface area contributed by atoms with Gasteiger partial charge >= 0.3 is 0 Å². The quantitative estimate of drug-likeness (QED) is 0.766. The minimum atomic E-state index is 0.880. The molecule has 0 spiro atoms. The molecule has 1 aliphatic carbocycles. The first-order valence-electron chi connectivity index (χ1n) is 7.74. The molecule has 3 rings (SSSR count). The van der Waals surface area contributed by atoms with Gasteiger partial charge in [0.05, 0.1) is 0 Å². The molecule has 0 saturated heterocycles. The number of anilines is 1. The van der Waals surface area contributed by atoms with E-state index in [0.29, 0.717) is 0 Å². The number of nitrogens with zero attached hydrogens (tertiary/aromatic N) is 2. The van der Waals surface area contributed by atoms with Gasteiger partial charge < -0.3 is 10.6 Å². The Morgan fingerprint density at radius 3 is 3.00 bits per heavy atom. The molecule has 1 aliphatic rings. The fraction of sp³-hybridized carbons (Fsp3) is 0.412. The van der Waals surface area contributed by atoms with Gasteiger partial charge in [0, 0.05) is 31.2 Å². The van der Waals surface area contributed by atoms with Gasteiger partial charge in [-0.05, 0) is 55.5 Å². The van der Waals surface area contributed by atoms with Crippen molar-refractivity contribution in [1.82, 2.24) is 15.3 Å². The second-order valence-corrected chi connectivity index (χ2v) is 5.47. The average Bonchev–Trinajstić information content (AvgIpc) is 2.99. The molecular formula is C17H22N4. The summed E-state index contributed by atoms with van der Waals surface area (Å²) in [5, 5.41) is 6.84. The third kappa shape index (κ3) is 4.02. The maximum atomic E-state index is 4.68. The maximum absolute atomic E-state index is 4.68. The lowest BCUT2D eigenvalue weighted by Crippen LogP contribution is -2.18. The van der Waals surface area contributed by atoms with Crippen LogP contribution in [0.2, 0.25) is 0 Å². The smallest absolute Gasteiger partial charge is 0.126 e. The standard InChI is InChI=1S/C17H22N4/c1-5-15-7-8-17(21-16(15)6-1)20-11-3-10-19-13-14-4-2-9-18-12-14/h2,4,7-9,12,19H,1,3,5-6,10-11,13H2,(H,20,21). The van der Waals surface area contributed by atoms with Crippen molar-refractivity contribution in [3.8, 4) is 0 Å². The molecule has 110 valence electrons. The summed E-state index contributed by atoms with van der Waals surface area (Å²) in [6.45, 7) is 2.82. The number of nitrogens with one attached hydrogen (secondary N) is 2. The van der Waals surface area contributed by atoms with Crippen LogP contribution in [0, 0.1) is 0 Å². The molecular weight excluding hydrogens is 260 g/mol. The first-order chi connectivity index (χ1) is 10.4. The molecule has 2 N–H and O–H groups in total. The lowest BCUT2D eigenvalue weighted by molar-refractivity contribution is 0.661. The molecule has 2 aromatic heterocycles. The minimum absolute atomic E-state index is 0.880. The number of hydrogen-bond donors (Lipinski definition) is 2. The first-order valence-corrected chi connectivity index (χ1v) is 7.74. The fourth-order valence-electron chi connectivity index (χ4n) is 2.68. The van der Waals surface area contributed by atoms with E-state index in [2.05, 4.69) is 38.8 Å². The zero-order valence-corrected chi connectivity index (χ0v) is 12.3. The van der Waals surface area contributed by atoms with Crippen LogP contribution in [-0.2, 0) is 19.4 Å². The highest BCUT2D eigenvalue weighted by molar-refractivity contribution is 5.40. The van der Waals surface area contributed by atoms with Crippen molar-refractivity contribution in [2.24, 2.45) is 0 Å². The van der Waals surface area contributed by atoms with Crippen LogP contribution in [-0.4, -0.2) is 23.1 Å². The molecule has 4 heteroatoms. The number of fused-ring (bicyclic) bond motifs is 1. The predicted molar refractivity (Wildman–Crippen MR) is 85.3 cm³/mol. The summed E-state index contributed by atoms with van der Waals surface area (Å²) >= 11 is 0. The number of pyridine rings is 2. The lowest BCUT2D eigenvalue weighted by atomic mass is 10.2. The van der Waals surface area contributed by atoms with Crippen LogP contribution in [0.25, 0.3) is 0 Å². The minimum Gasteiger partial charge on any atom is -0.370 e. The Morgan fingerprint density at radius 2 is 2.10 bits per heavy atom. The van der Waals surface area contributed by atoms with Crippen molar-refractivity contribution < 1.29 is 0 Å².